The molecule has 2 rings (SSSR count). The zero-order valence-electron chi connectivity index (χ0n) is 15.6. The van der Waals surface area contributed by atoms with Crippen LogP contribution in [0.25, 0.3) is 0 Å². The SMILES string of the molecule is CC(C)(C)[Si](C)(C)OCCC[C@@H]1OCC[C@@H]1Cc1ccccc1. The Labute approximate surface area is 143 Å². The number of rotatable bonds is 7. The first-order valence-corrected chi connectivity index (χ1v) is 12.0. The van der Waals surface area contributed by atoms with E-state index in [9.17, 15) is 0 Å². The van der Waals surface area contributed by atoms with Crippen LogP contribution in [0.3, 0.4) is 0 Å². The van der Waals surface area contributed by atoms with Crippen LogP contribution in [-0.2, 0) is 15.6 Å². The van der Waals surface area contributed by atoms with Crippen molar-refractivity contribution in [3.63, 3.8) is 0 Å². The lowest BCUT2D eigenvalue weighted by molar-refractivity contribution is 0.0772. The Kier molecular flexibility index (Phi) is 6.46. The number of hydrogen-bond donors (Lipinski definition) is 0. The largest absolute Gasteiger partial charge is 0.417 e. The zero-order chi connectivity index (χ0) is 16.9. The predicted molar refractivity (Wildman–Crippen MR) is 100 cm³/mol. The molecule has 0 unspecified atom stereocenters. The molecule has 1 fully saturated rings. The Morgan fingerprint density at radius 3 is 2.52 bits per heavy atom. The molecular weight excluding hydrogens is 300 g/mol. The van der Waals surface area contributed by atoms with Gasteiger partial charge in [0.25, 0.3) is 0 Å². The van der Waals surface area contributed by atoms with E-state index in [0.29, 0.717) is 17.1 Å². The number of ether oxygens (including phenoxy) is 1. The van der Waals surface area contributed by atoms with Gasteiger partial charge in [0.1, 0.15) is 0 Å². The van der Waals surface area contributed by atoms with E-state index in [4.69, 9.17) is 9.16 Å². The van der Waals surface area contributed by atoms with Crippen LogP contribution < -0.4 is 0 Å². The normalized spacial score (nSPS) is 22.5. The van der Waals surface area contributed by atoms with E-state index in [2.05, 4.69) is 64.2 Å². The molecule has 2 atom stereocenters. The molecule has 3 heteroatoms. The lowest BCUT2D eigenvalue weighted by atomic mass is 9.91. The summed E-state index contributed by atoms with van der Waals surface area (Å²) < 4.78 is 12.3. The molecule has 0 radical (unpaired) electrons. The molecule has 1 aromatic rings. The summed E-state index contributed by atoms with van der Waals surface area (Å²) in [5.41, 5.74) is 1.44. The molecule has 130 valence electrons. The minimum absolute atomic E-state index is 0.298. The third-order valence-electron chi connectivity index (χ3n) is 5.59. The minimum atomic E-state index is -1.60. The van der Waals surface area contributed by atoms with Crippen LogP contribution in [0.2, 0.25) is 18.1 Å². The fourth-order valence-electron chi connectivity index (χ4n) is 2.99. The fraction of sp³-hybridized carbons (Fsp3) is 0.700. The Morgan fingerprint density at radius 1 is 1.17 bits per heavy atom. The van der Waals surface area contributed by atoms with Gasteiger partial charge in [0.05, 0.1) is 6.10 Å². The second-order valence-electron chi connectivity index (χ2n) is 8.40. The molecule has 0 N–H and O–H groups in total. The van der Waals surface area contributed by atoms with Gasteiger partial charge in [-0.05, 0) is 55.3 Å². The van der Waals surface area contributed by atoms with Crippen LogP contribution >= 0.6 is 0 Å². The molecule has 0 saturated carbocycles. The summed E-state index contributed by atoms with van der Waals surface area (Å²) in [4.78, 5) is 0. The fourth-order valence-corrected chi connectivity index (χ4v) is 4.08. The summed E-state index contributed by atoms with van der Waals surface area (Å²) in [5, 5.41) is 0.298. The molecule has 1 aliphatic heterocycles. The Hall–Kier alpha value is -0.643. The summed E-state index contributed by atoms with van der Waals surface area (Å²) >= 11 is 0. The molecule has 0 amide bonds. The van der Waals surface area contributed by atoms with Crippen LogP contribution in [0.4, 0.5) is 0 Å². The highest BCUT2D eigenvalue weighted by Gasteiger charge is 2.37. The van der Waals surface area contributed by atoms with Crippen molar-refractivity contribution >= 4 is 8.32 Å². The highest BCUT2D eigenvalue weighted by atomic mass is 28.4. The van der Waals surface area contributed by atoms with E-state index >= 15 is 0 Å². The van der Waals surface area contributed by atoms with E-state index in [1.54, 1.807) is 0 Å². The molecule has 1 aliphatic rings. The van der Waals surface area contributed by atoms with Crippen molar-refractivity contribution < 1.29 is 9.16 Å². The average molecular weight is 335 g/mol. The first-order chi connectivity index (χ1) is 10.8. The maximum absolute atomic E-state index is 6.29. The van der Waals surface area contributed by atoms with Gasteiger partial charge in [-0.25, -0.2) is 0 Å². The van der Waals surface area contributed by atoms with Crippen molar-refractivity contribution in [3.8, 4) is 0 Å². The van der Waals surface area contributed by atoms with Gasteiger partial charge in [-0.3, -0.25) is 0 Å². The third kappa shape index (κ3) is 5.44. The average Bonchev–Trinajstić information content (AvgIpc) is 2.91. The molecule has 0 spiro atoms. The molecule has 0 aliphatic carbocycles. The van der Waals surface area contributed by atoms with Gasteiger partial charge >= 0.3 is 0 Å². The van der Waals surface area contributed by atoms with Crippen LogP contribution in [0, 0.1) is 5.92 Å². The third-order valence-corrected chi connectivity index (χ3v) is 10.1. The molecule has 23 heavy (non-hydrogen) atoms. The summed E-state index contributed by atoms with van der Waals surface area (Å²) in [7, 11) is -1.60. The van der Waals surface area contributed by atoms with Gasteiger partial charge in [-0.1, -0.05) is 51.1 Å². The maximum atomic E-state index is 6.29. The molecule has 1 heterocycles. The van der Waals surface area contributed by atoms with E-state index in [0.717, 1.165) is 32.5 Å². The summed E-state index contributed by atoms with van der Waals surface area (Å²) in [6.45, 7) is 13.4. The zero-order valence-corrected chi connectivity index (χ0v) is 16.6. The van der Waals surface area contributed by atoms with Crippen molar-refractivity contribution in [2.75, 3.05) is 13.2 Å². The van der Waals surface area contributed by atoms with E-state index < -0.39 is 8.32 Å². The monoisotopic (exact) mass is 334 g/mol. The van der Waals surface area contributed by atoms with Crippen LogP contribution in [0.5, 0.6) is 0 Å². The van der Waals surface area contributed by atoms with Crippen molar-refractivity contribution in [2.45, 2.75) is 70.7 Å². The predicted octanol–water partition coefficient (Wildman–Crippen LogP) is 5.44. The first-order valence-electron chi connectivity index (χ1n) is 9.09. The van der Waals surface area contributed by atoms with Crippen molar-refractivity contribution in [2.24, 2.45) is 5.92 Å². The summed E-state index contributed by atoms with van der Waals surface area (Å²) in [6.07, 6.45) is 5.00. The van der Waals surface area contributed by atoms with Gasteiger partial charge in [0.2, 0.25) is 0 Å². The van der Waals surface area contributed by atoms with Gasteiger partial charge in [0, 0.05) is 13.2 Å². The summed E-state index contributed by atoms with van der Waals surface area (Å²) in [5.74, 6) is 0.672. The Balaban J connectivity index is 1.75. The number of benzene rings is 1. The van der Waals surface area contributed by atoms with E-state index in [1.807, 2.05) is 0 Å². The maximum Gasteiger partial charge on any atom is 0.191 e. The van der Waals surface area contributed by atoms with Gasteiger partial charge < -0.3 is 9.16 Å². The topological polar surface area (TPSA) is 18.5 Å². The first kappa shape index (κ1) is 18.7. The second kappa shape index (κ2) is 7.95. The molecule has 1 saturated heterocycles. The van der Waals surface area contributed by atoms with Crippen LogP contribution in [0.1, 0.15) is 45.6 Å². The highest BCUT2D eigenvalue weighted by molar-refractivity contribution is 6.74. The lowest BCUT2D eigenvalue weighted by Gasteiger charge is -2.36. The molecule has 0 aromatic heterocycles. The second-order valence-corrected chi connectivity index (χ2v) is 13.2. The Bertz CT molecular complexity index is 464. The molecular formula is C20H34O2Si. The smallest absolute Gasteiger partial charge is 0.191 e. The highest BCUT2D eigenvalue weighted by Crippen LogP contribution is 2.36. The van der Waals surface area contributed by atoms with Gasteiger partial charge in [0.15, 0.2) is 8.32 Å². The molecule has 0 bridgehead atoms. The quantitative estimate of drug-likeness (QED) is 0.488. The van der Waals surface area contributed by atoms with Crippen molar-refractivity contribution in [3.05, 3.63) is 35.9 Å². The van der Waals surface area contributed by atoms with Gasteiger partial charge in [-0.15, -0.1) is 0 Å². The molecule has 1 aromatic carbocycles. The van der Waals surface area contributed by atoms with Crippen molar-refractivity contribution in [1.82, 2.24) is 0 Å². The minimum Gasteiger partial charge on any atom is -0.417 e. The van der Waals surface area contributed by atoms with Gasteiger partial charge in [-0.2, -0.15) is 0 Å². The Morgan fingerprint density at radius 2 is 1.87 bits per heavy atom. The van der Waals surface area contributed by atoms with Crippen LogP contribution in [0.15, 0.2) is 30.3 Å². The van der Waals surface area contributed by atoms with Crippen LogP contribution in [-0.4, -0.2) is 27.6 Å². The summed E-state index contributed by atoms with van der Waals surface area (Å²) in [6, 6.07) is 10.8. The molecule has 2 nitrogen and oxygen atoms in total. The van der Waals surface area contributed by atoms with E-state index in [-0.39, 0.29) is 0 Å². The van der Waals surface area contributed by atoms with E-state index in [1.165, 1.54) is 12.0 Å². The number of hydrogen-bond acceptors (Lipinski definition) is 2. The van der Waals surface area contributed by atoms with Crippen molar-refractivity contribution in [1.29, 1.82) is 0 Å². The standard InChI is InChI=1S/C20H34O2Si/c1-20(2,3)23(4,5)22-14-9-12-19-18(13-15-21-19)16-17-10-7-6-8-11-17/h6-8,10-11,18-19H,9,12-16H2,1-5H3/t18-,19+/m1/s1. The lowest BCUT2D eigenvalue weighted by Crippen LogP contribution is -2.41.